The van der Waals surface area contributed by atoms with Gasteiger partial charge >= 0.3 is 11.7 Å². The zero-order chi connectivity index (χ0) is 18.4. The molecule has 1 amide bonds. The molecule has 0 aliphatic heterocycles. The molecule has 0 aliphatic rings. The van der Waals surface area contributed by atoms with Gasteiger partial charge in [0.25, 0.3) is 6.43 Å². The molecule has 1 heterocycles. The van der Waals surface area contributed by atoms with Crippen LogP contribution in [-0.4, -0.2) is 45.0 Å². The quantitative estimate of drug-likeness (QED) is 0.307. The zero-order valence-electron chi connectivity index (χ0n) is 12.9. The summed E-state index contributed by atoms with van der Waals surface area (Å²) in [6, 6.07) is -1.03. The fourth-order valence-electron chi connectivity index (χ4n) is 1.88. The first kappa shape index (κ1) is 19.8. The number of alkyl halides is 2. The number of amides is 1. The predicted molar refractivity (Wildman–Crippen MR) is 81.0 cm³/mol. The Hall–Kier alpha value is -2.24. The van der Waals surface area contributed by atoms with Crippen molar-refractivity contribution in [2.75, 3.05) is 12.4 Å². The standard InChI is InChI=1S/C12H16F2N4O5S/c1-3-23-12(20)7(5-24)15-8(19)4-17-6(2)10(18(21)22)9(16-17)11(13)14/h7,11,24H,3-5H2,1-2H3,(H,15,19)/t7-/m0/s1. The lowest BCUT2D eigenvalue weighted by molar-refractivity contribution is -0.386. The van der Waals surface area contributed by atoms with Gasteiger partial charge in [-0.2, -0.15) is 17.7 Å². The van der Waals surface area contributed by atoms with Crippen LogP contribution in [0.1, 0.15) is 24.7 Å². The second kappa shape index (κ2) is 8.57. The van der Waals surface area contributed by atoms with Crippen LogP contribution in [0.15, 0.2) is 0 Å². The van der Waals surface area contributed by atoms with E-state index in [0.29, 0.717) is 0 Å². The topological polar surface area (TPSA) is 116 Å². The van der Waals surface area contributed by atoms with Crippen LogP contribution in [0, 0.1) is 17.0 Å². The normalized spacial score (nSPS) is 12.1. The van der Waals surface area contributed by atoms with Gasteiger partial charge in [0.1, 0.15) is 18.3 Å². The smallest absolute Gasteiger partial charge is 0.329 e. The van der Waals surface area contributed by atoms with Crippen molar-refractivity contribution in [1.29, 1.82) is 0 Å². The third kappa shape index (κ3) is 4.63. The minimum absolute atomic E-state index is 0.0366. The Labute approximate surface area is 140 Å². The number of ether oxygens (including phenoxy) is 1. The van der Waals surface area contributed by atoms with Crippen LogP contribution >= 0.6 is 12.6 Å². The average Bonchev–Trinajstić information content (AvgIpc) is 2.82. The largest absolute Gasteiger partial charge is 0.464 e. The highest BCUT2D eigenvalue weighted by atomic mass is 32.1. The van der Waals surface area contributed by atoms with Gasteiger partial charge in [0.05, 0.1) is 11.5 Å². The molecule has 0 aliphatic carbocycles. The van der Waals surface area contributed by atoms with E-state index in [9.17, 15) is 28.5 Å². The molecule has 1 aromatic rings. The third-order valence-electron chi connectivity index (χ3n) is 2.97. The number of rotatable bonds is 8. The van der Waals surface area contributed by atoms with Crippen molar-refractivity contribution >= 4 is 30.2 Å². The van der Waals surface area contributed by atoms with Gasteiger partial charge in [0.2, 0.25) is 11.6 Å². The Morgan fingerprint density at radius 3 is 2.54 bits per heavy atom. The molecule has 0 bridgehead atoms. The van der Waals surface area contributed by atoms with Gasteiger partial charge in [0.15, 0.2) is 0 Å². The van der Waals surface area contributed by atoms with Gasteiger partial charge in [-0.25, -0.2) is 13.6 Å². The second-order valence-corrected chi connectivity index (χ2v) is 4.95. The van der Waals surface area contributed by atoms with Crippen LogP contribution < -0.4 is 5.32 Å². The van der Waals surface area contributed by atoms with E-state index < -0.39 is 47.2 Å². The van der Waals surface area contributed by atoms with Crippen molar-refractivity contribution < 1.29 is 28.0 Å². The number of carbonyl (C=O) groups excluding carboxylic acids is 2. The molecule has 0 radical (unpaired) electrons. The first-order valence-corrected chi connectivity index (χ1v) is 7.42. The summed E-state index contributed by atoms with van der Waals surface area (Å²) < 4.78 is 31.2. The molecule has 12 heteroatoms. The van der Waals surface area contributed by atoms with Crippen molar-refractivity contribution in [3.63, 3.8) is 0 Å². The van der Waals surface area contributed by atoms with E-state index in [1.165, 1.54) is 6.92 Å². The molecule has 134 valence electrons. The van der Waals surface area contributed by atoms with Crippen molar-refractivity contribution in [1.82, 2.24) is 15.1 Å². The first-order chi connectivity index (χ1) is 11.2. The van der Waals surface area contributed by atoms with Gasteiger partial charge in [-0.3, -0.25) is 19.6 Å². The zero-order valence-corrected chi connectivity index (χ0v) is 13.8. The molecule has 24 heavy (non-hydrogen) atoms. The molecular formula is C12H16F2N4O5S. The molecule has 0 fully saturated rings. The van der Waals surface area contributed by atoms with Crippen LogP contribution in [0.5, 0.6) is 0 Å². The molecule has 1 rings (SSSR count). The first-order valence-electron chi connectivity index (χ1n) is 6.79. The number of hydrogen-bond acceptors (Lipinski definition) is 7. The lowest BCUT2D eigenvalue weighted by Crippen LogP contribution is -2.44. The van der Waals surface area contributed by atoms with Gasteiger partial charge in [-0.05, 0) is 13.8 Å². The highest BCUT2D eigenvalue weighted by Crippen LogP contribution is 2.30. The van der Waals surface area contributed by atoms with Crippen molar-refractivity contribution in [2.24, 2.45) is 0 Å². The molecule has 0 unspecified atom stereocenters. The minimum Gasteiger partial charge on any atom is -0.464 e. The van der Waals surface area contributed by atoms with Crippen LogP contribution in [0.2, 0.25) is 0 Å². The van der Waals surface area contributed by atoms with Gasteiger partial charge in [-0.15, -0.1) is 0 Å². The van der Waals surface area contributed by atoms with E-state index in [4.69, 9.17) is 4.74 Å². The number of thiol groups is 1. The predicted octanol–water partition coefficient (Wildman–Crippen LogP) is 1.02. The number of halogens is 2. The molecule has 1 atom stereocenters. The number of nitrogens with zero attached hydrogens (tertiary/aromatic N) is 3. The van der Waals surface area contributed by atoms with E-state index in [-0.39, 0.29) is 18.1 Å². The monoisotopic (exact) mass is 366 g/mol. The Morgan fingerprint density at radius 2 is 2.12 bits per heavy atom. The van der Waals surface area contributed by atoms with Crippen LogP contribution in [-0.2, 0) is 20.9 Å². The fourth-order valence-corrected chi connectivity index (χ4v) is 2.12. The summed E-state index contributed by atoms with van der Waals surface area (Å²) in [5.74, 6) is -1.48. The number of nitro groups is 1. The summed E-state index contributed by atoms with van der Waals surface area (Å²) in [6.45, 7) is 2.34. The SMILES string of the molecule is CCOC(=O)[C@H](CS)NC(=O)Cn1nc(C(F)F)c([N+](=O)[O-])c1C. The lowest BCUT2D eigenvalue weighted by atomic mass is 10.3. The Kier molecular flexibility index (Phi) is 7.07. The summed E-state index contributed by atoms with van der Waals surface area (Å²) in [5.41, 5.74) is -2.04. The highest BCUT2D eigenvalue weighted by molar-refractivity contribution is 7.80. The summed E-state index contributed by atoms with van der Waals surface area (Å²) in [7, 11) is 0. The van der Waals surface area contributed by atoms with E-state index >= 15 is 0 Å². The van der Waals surface area contributed by atoms with Gasteiger partial charge in [0, 0.05) is 5.75 Å². The summed E-state index contributed by atoms with van der Waals surface area (Å²) in [6.07, 6.45) is -3.15. The van der Waals surface area contributed by atoms with E-state index in [2.05, 4.69) is 23.0 Å². The average molecular weight is 366 g/mol. The van der Waals surface area contributed by atoms with Crippen LogP contribution in [0.25, 0.3) is 0 Å². The van der Waals surface area contributed by atoms with E-state index in [1.54, 1.807) is 6.92 Å². The van der Waals surface area contributed by atoms with Gasteiger partial charge < -0.3 is 10.1 Å². The number of aromatic nitrogens is 2. The molecule has 1 N–H and O–H groups in total. The molecule has 0 spiro atoms. The number of carbonyl (C=O) groups is 2. The van der Waals surface area contributed by atoms with Crippen molar-refractivity contribution in [2.45, 2.75) is 32.9 Å². The van der Waals surface area contributed by atoms with E-state index in [1.807, 2.05) is 0 Å². The van der Waals surface area contributed by atoms with E-state index in [0.717, 1.165) is 4.68 Å². The maximum absolute atomic E-state index is 12.8. The molecule has 0 aromatic carbocycles. The Morgan fingerprint density at radius 1 is 1.50 bits per heavy atom. The Bertz CT molecular complexity index is 637. The van der Waals surface area contributed by atoms with Crippen LogP contribution in [0.4, 0.5) is 14.5 Å². The van der Waals surface area contributed by atoms with Crippen LogP contribution in [0.3, 0.4) is 0 Å². The number of esters is 1. The van der Waals surface area contributed by atoms with Crippen molar-refractivity contribution in [3.8, 4) is 0 Å². The van der Waals surface area contributed by atoms with Crippen molar-refractivity contribution in [3.05, 3.63) is 21.5 Å². The maximum Gasteiger partial charge on any atom is 0.329 e. The molecule has 0 saturated carbocycles. The molecule has 1 aromatic heterocycles. The maximum atomic E-state index is 12.8. The highest BCUT2D eigenvalue weighted by Gasteiger charge is 2.31. The Balaban J connectivity index is 2.93. The summed E-state index contributed by atoms with van der Waals surface area (Å²) >= 11 is 3.92. The summed E-state index contributed by atoms with van der Waals surface area (Å²) in [5, 5.41) is 16.6. The molecule has 9 nitrogen and oxygen atoms in total. The minimum atomic E-state index is -3.15. The number of hydrogen-bond donors (Lipinski definition) is 2. The molecule has 0 saturated heterocycles. The molecular weight excluding hydrogens is 350 g/mol. The lowest BCUT2D eigenvalue weighted by Gasteiger charge is -2.15. The fraction of sp³-hybridized carbons (Fsp3) is 0.583. The van der Waals surface area contributed by atoms with Gasteiger partial charge in [-0.1, -0.05) is 0 Å². The number of nitrogens with one attached hydrogen (secondary N) is 1. The third-order valence-corrected chi connectivity index (χ3v) is 3.34. The summed E-state index contributed by atoms with van der Waals surface area (Å²) in [4.78, 5) is 33.4. The second-order valence-electron chi connectivity index (χ2n) is 4.59.